The van der Waals surface area contributed by atoms with Gasteiger partial charge >= 0.3 is 7.12 Å². The van der Waals surface area contributed by atoms with E-state index < -0.39 is 7.12 Å². The molecule has 2 aromatic rings. The van der Waals surface area contributed by atoms with E-state index in [0.717, 1.165) is 28.9 Å². The number of allylic oxidation sites excluding steroid dienone is 2. The van der Waals surface area contributed by atoms with Crippen LogP contribution in [-0.4, -0.2) is 30.0 Å². The molecule has 0 radical (unpaired) electrons. The summed E-state index contributed by atoms with van der Waals surface area (Å²) in [6.07, 6.45) is 5.64. The van der Waals surface area contributed by atoms with Crippen LogP contribution in [-0.2, 0) is 11.3 Å². The van der Waals surface area contributed by atoms with E-state index in [1.165, 1.54) is 0 Å². The van der Waals surface area contributed by atoms with Gasteiger partial charge in [-0.05, 0) is 61.3 Å². The van der Waals surface area contributed by atoms with E-state index in [0.29, 0.717) is 30.9 Å². The van der Waals surface area contributed by atoms with Gasteiger partial charge in [-0.15, -0.1) is 0 Å². The molecule has 5 nitrogen and oxygen atoms in total. The highest BCUT2D eigenvalue weighted by molar-refractivity contribution is 6.43. The molecule has 1 aliphatic rings. The molecule has 3 rings (SSSR count). The van der Waals surface area contributed by atoms with Gasteiger partial charge in [0.2, 0.25) is 0 Å². The van der Waals surface area contributed by atoms with E-state index >= 15 is 0 Å². The molecular formula is C23H27BO5. The van der Waals surface area contributed by atoms with E-state index in [1.807, 2.05) is 55.5 Å². The van der Waals surface area contributed by atoms with Crippen LogP contribution >= 0.6 is 0 Å². The predicted octanol–water partition coefficient (Wildman–Crippen LogP) is 4.40. The zero-order chi connectivity index (χ0) is 20.6. The smallest absolute Gasteiger partial charge is 0.458 e. The van der Waals surface area contributed by atoms with Gasteiger partial charge in [0, 0.05) is 6.32 Å². The maximum Gasteiger partial charge on any atom is 0.458 e. The van der Waals surface area contributed by atoms with Gasteiger partial charge in [-0.3, -0.25) is 0 Å². The summed E-state index contributed by atoms with van der Waals surface area (Å²) >= 11 is 0. The molecule has 1 aromatic heterocycles. The number of para-hydroxylation sites is 1. The number of benzene rings is 1. The van der Waals surface area contributed by atoms with Crippen LogP contribution in [0.5, 0.6) is 5.75 Å². The van der Waals surface area contributed by atoms with Crippen molar-refractivity contribution in [1.29, 1.82) is 0 Å². The van der Waals surface area contributed by atoms with Crippen molar-refractivity contribution in [2.75, 3.05) is 6.61 Å². The zero-order valence-corrected chi connectivity index (χ0v) is 16.7. The molecule has 0 spiro atoms. The Bertz CT molecular complexity index is 868. The third kappa shape index (κ3) is 6.22. The molecule has 1 aliphatic heterocycles. The number of furan rings is 1. The van der Waals surface area contributed by atoms with Crippen LogP contribution in [0.15, 0.2) is 76.3 Å². The van der Waals surface area contributed by atoms with Crippen molar-refractivity contribution in [3.63, 3.8) is 0 Å². The fourth-order valence-corrected chi connectivity index (χ4v) is 3.27. The van der Waals surface area contributed by atoms with Gasteiger partial charge in [0.1, 0.15) is 30.5 Å². The summed E-state index contributed by atoms with van der Waals surface area (Å²) in [6, 6.07) is 13.2. The molecule has 2 heterocycles. The van der Waals surface area contributed by atoms with E-state index in [4.69, 9.17) is 18.9 Å². The van der Waals surface area contributed by atoms with Gasteiger partial charge < -0.3 is 23.9 Å². The minimum atomic E-state index is -0.798. The van der Waals surface area contributed by atoms with Crippen LogP contribution in [0, 0.1) is 0 Å². The zero-order valence-electron chi connectivity index (χ0n) is 16.7. The first kappa shape index (κ1) is 21.2. The van der Waals surface area contributed by atoms with Crippen LogP contribution < -0.4 is 4.74 Å². The normalized spacial score (nSPS) is 17.2. The second-order valence-electron chi connectivity index (χ2n) is 7.17. The minimum Gasteiger partial charge on any atom is -0.489 e. The molecule has 0 amide bonds. The summed E-state index contributed by atoms with van der Waals surface area (Å²) in [6.45, 7) is 6.46. The second kappa shape index (κ2) is 10.3. The molecule has 2 N–H and O–H groups in total. The Kier molecular flexibility index (Phi) is 7.52. The van der Waals surface area contributed by atoms with Crippen molar-refractivity contribution in [1.82, 2.24) is 0 Å². The van der Waals surface area contributed by atoms with Gasteiger partial charge in [0.05, 0.1) is 6.10 Å². The maximum atomic E-state index is 9.94. The number of rotatable bonds is 9. The Morgan fingerprint density at radius 3 is 2.79 bits per heavy atom. The van der Waals surface area contributed by atoms with Crippen LogP contribution in [0.1, 0.15) is 31.3 Å². The average molecular weight is 394 g/mol. The molecule has 0 saturated carbocycles. The van der Waals surface area contributed by atoms with E-state index in [1.54, 1.807) is 6.07 Å². The SMILES string of the molecule is C=C(COc1ccccc1)C1=CCB(O)OC1CC/C(C)=C/c1ccc(CO)o1. The monoisotopic (exact) mass is 394 g/mol. The largest absolute Gasteiger partial charge is 0.489 e. The summed E-state index contributed by atoms with van der Waals surface area (Å²) < 4.78 is 17.1. The number of aliphatic hydroxyl groups is 1. The molecule has 1 atom stereocenters. The first-order valence-corrected chi connectivity index (χ1v) is 9.81. The minimum absolute atomic E-state index is 0.109. The van der Waals surface area contributed by atoms with Crippen molar-refractivity contribution in [2.24, 2.45) is 0 Å². The first-order chi connectivity index (χ1) is 14.0. The predicted molar refractivity (Wildman–Crippen MR) is 114 cm³/mol. The molecule has 1 unspecified atom stereocenters. The van der Waals surface area contributed by atoms with E-state index in [9.17, 15) is 5.02 Å². The van der Waals surface area contributed by atoms with Crippen LogP contribution in [0.3, 0.4) is 0 Å². The highest BCUT2D eigenvalue weighted by atomic mass is 16.5. The fraction of sp³-hybridized carbons (Fsp3) is 0.304. The molecular weight excluding hydrogens is 367 g/mol. The topological polar surface area (TPSA) is 72.1 Å². The van der Waals surface area contributed by atoms with Gasteiger partial charge in [0.15, 0.2) is 0 Å². The van der Waals surface area contributed by atoms with Crippen molar-refractivity contribution < 1.29 is 23.9 Å². The van der Waals surface area contributed by atoms with Crippen LogP contribution in [0.2, 0.25) is 6.32 Å². The molecule has 0 aliphatic carbocycles. The summed E-state index contributed by atoms with van der Waals surface area (Å²) in [5.41, 5.74) is 2.96. The van der Waals surface area contributed by atoms with E-state index in [-0.39, 0.29) is 12.7 Å². The molecule has 0 bridgehead atoms. The van der Waals surface area contributed by atoms with Crippen molar-refractivity contribution >= 4 is 13.2 Å². The van der Waals surface area contributed by atoms with Crippen molar-refractivity contribution in [2.45, 2.75) is 38.8 Å². The van der Waals surface area contributed by atoms with Gasteiger partial charge in [0.25, 0.3) is 0 Å². The number of ether oxygens (including phenoxy) is 1. The lowest BCUT2D eigenvalue weighted by atomic mass is 9.78. The van der Waals surface area contributed by atoms with Crippen LogP contribution in [0.4, 0.5) is 0 Å². The molecule has 1 aromatic carbocycles. The Morgan fingerprint density at radius 2 is 2.07 bits per heavy atom. The maximum absolute atomic E-state index is 9.94. The highest BCUT2D eigenvalue weighted by Gasteiger charge is 2.28. The number of aliphatic hydroxyl groups excluding tert-OH is 1. The molecule has 0 fully saturated rings. The first-order valence-electron chi connectivity index (χ1n) is 9.81. The third-order valence-electron chi connectivity index (χ3n) is 4.80. The summed E-state index contributed by atoms with van der Waals surface area (Å²) in [5.74, 6) is 2.05. The highest BCUT2D eigenvalue weighted by Crippen LogP contribution is 2.28. The molecule has 0 saturated heterocycles. The molecule has 152 valence electrons. The standard InChI is InChI=1S/C23H27BO5/c1-17(14-20-9-10-21(15-25)28-20)8-11-23-22(12-13-24(26)29-23)18(2)16-27-19-6-4-3-5-7-19/h3-7,9-10,12,14,23,25-26H,2,8,11,13,15-16H2,1H3/b17-14+. The Balaban J connectivity index is 1.59. The van der Waals surface area contributed by atoms with Gasteiger partial charge in [-0.2, -0.15) is 0 Å². The third-order valence-corrected chi connectivity index (χ3v) is 4.80. The lowest BCUT2D eigenvalue weighted by Gasteiger charge is -2.28. The molecule has 29 heavy (non-hydrogen) atoms. The van der Waals surface area contributed by atoms with Crippen LogP contribution in [0.25, 0.3) is 6.08 Å². The second-order valence-corrected chi connectivity index (χ2v) is 7.17. The quantitative estimate of drug-likeness (QED) is 0.617. The van der Waals surface area contributed by atoms with Crippen molar-refractivity contribution in [3.8, 4) is 5.75 Å². The Labute approximate surface area is 172 Å². The Hall–Kier alpha value is -2.54. The van der Waals surface area contributed by atoms with E-state index in [2.05, 4.69) is 6.58 Å². The average Bonchev–Trinajstić information content (AvgIpc) is 3.19. The lowest BCUT2D eigenvalue weighted by molar-refractivity contribution is 0.181. The Morgan fingerprint density at radius 1 is 1.28 bits per heavy atom. The summed E-state index contributed by atoms with van der Waals surface area (Å²) in [4.78, 5) is 0. The lowest BCUT2D eigenvalue weighted by Crippen LogP contribution is -2.32. The number of hydrogen-bond acceptors (Lipinski definition) is 5. The number of hydrogen-bond donors (Lipinski definition) is 2. The molecule has 6 heteroatoms. The van der Waals surface area contributed by atoms with Gasteiger partial charge in [-0.1, -0.05) is 36.4 Å². The van der Waals surface area contributed by atoms with Crippen molar-refractivity contribution in [3.05, 3.63) is 83.4 Å². The summed E-state index contributed by atoms with van der Waals surface area (Å²) in [7, 11) is -0.798. The van der Waals surface area contributed by atoms with Gasteiger partial charge in [-0.25, -0.2) is 0 Å². The summed E-state index contributed by atoms with van der Waals surface area (Å²) in [5, 5.41) is 19.0. The fourth-order valence-electron chi connectivity index (χ4n) is 3.27.